The Hall–Kier alpha value is -3.19. The third kappa shape index (κ3) is 4.00. The lowest BCUT2D eigenvalue weighted by atomic mass is 10.0. The summed E-state index contributed by atoms with van der Waals surface area (Å²) in [7, 11) is 0. The summed E-state index contributed by atoms with van der Waals surface area (Å²) in [4.78, 5) is 15.9. The molecule has 0 bridgehead atoms. The molecule has 3 nitrogen and oxygen atoms in total. The van der Waals surface area contributed by atoms with Gasteiger partial charge >= 0.3 is 12.1 Å². The fourth-order valence-electron chi connectivity index (χ4n) is 3.17. The van der Waals surface area contributed by atoms with Gasteiger partial charge in [0.25, 0.3) is 0 Å². The molecule has 4 aromatic rings. The maximum atomic E-state index is 12.9. The summed E-state index contributed by atoms with van der Waals surface area (Å²) in [5.74, 6) is -0.999. The number of carboxylic acids is 1. The van der Waals surface area contributed by atoms with Crippen LogP contribution in [0.5, 0.6) is 0 Å². The van der Waals surface area contributed by atoms with Gasteiger partial charge < -0.3 is 5.11 Å². The van der Waals surface area contributed by atoms with Crippen molar-refractivity contribution in [2.24, 2.45) is 0 Å². The highest BCUT2D eigenvalue weighted by molar-refractivity contribution is 7.19. The van der Waals surface area contributed by atoms with Crippen molar-refractivity contribution in [2.45, 2.75) is 12.6 Å². The molecule has 0 atom stereocenters. The second-order valence-electron chi connectivity index (χ2n) is 6.51. The van der Waals surface area contributed by atoms with Crippen molar-refractivity contribution in [1.29, 1.82) is 0 Å². The van der Waals surface area contributed by atoms with Gasteiger partial charge in [0.1, 0.15) is 5.69 Å². The Kier molecular flexibility index (Phi) is 4.84. The summed E-state index contributed by atoms with van der Waals surface area (Å²) in [5.41, 5.74) is 1.31. The number of thiophene rings is 1. The predicted octanol–water partition coefficient (Wildman–Crippen LogP) is 6.27. The molecule has 2 aromatic carbocycles. The summed E-state index contributed by atoms with van der Waals surface area (Å²) < 4.78 is 39.7. The van der Waals surface area contributed by atoms with E-state index in [1.54, 1.807) is 18.2 Å². The third-order valence-corrected chi connectivity index (χ3v) is 5.65. The molecule has 0 unspecified atom stereocenters. The Balaban J connectivity index is 1.72. The van der Waals surface area contributed by atoms with E-state index in [1.165, 1.54) is 23.5 Å². The summed E-state index contributed by atoms with van der Waals surface area (Å²) in [6.07, 6.45) is -4.18. The van der Waals surface area contributed by atoms with Crippen LogP contribution in [0.3, 0.4) is 0 Å². The smallest absolute Gasteiger partial charge is 0.433 e. The van der Waals surface area contributed by atoms with Crippen molar-refractivity contribution in [3.05, 3.63) is 88.6 Å². The van der Waals surface area contributed by atoms with Gasteiger partial charge in [-0.2, -0.15) is 13.2 Å². The molecule has 7 heteroatoms. The highest BCUT2D eigenvalue weighted by atomic mass is 32.1. The molecule has 0 amide bonds. The molecule has 2 heterocycles. The van der Waals surface area contributed by atoms with E-state index in [4.69, 9.17) is 0 Å². The topological polar surface area (TPSA) is 50.2 Å². The number of aromatic nitrogens is 1. The van der Waals surface area contributed by atoms with Crippen LogP contribution in [0.2, 0.25) is 0 Å². The van der Waals surface area contributed by atoms with Gasteiger partial charge in [-0.25, -0.2) is 9.78 Å². The Morgan fingerprint density at radius 2 is 1.76 bits per heavy atom. The van der Waals surface area contributed by atoms with Gasteiger partial charge in [-0.3, -0.25) is 0 Å². The van der Waals surface area contributed by atoms with E-state index in [-0.39, 0.29) is 12.0 Å². The molecule has 0 spiro atoms. The maximum Gasteiger partial charge on any atom is 0.433 e. The molecule has 0 fully saturated rings. The number of benzene rings is 2. The van der Waals surface area contributed by atoms with E-state index < -0.39 is 17.8 Å². The van der Waals surface area contributed by atoms with Gasteiger partial charge in [-0.1, -0.05) is 36.4 Å². The molecule has 0 aliphatic carbocycles. The number of pyridine rings is 1. The van der Waals surface area contributed by atoms with Gasteiger partial charge in [0.05, 0.1) is 5.56 Å². The first-order valence-electron chi connectivity index (χ1n) is 8.69. The van der Waals surface area contributed by atoms with Crippen LogP contribution in [0.25, 0.3) is 21.2 Å². The number of halogens is 3. The van der Waals surface area contributed by atoms with E-state index in [0.29, 0.717) is 5.69 Å². The van der Waals surface area contributed by atoms with Crippen LogP contribution in [0.4, 0.5) is 13.2 Å². The monoisotopic (exact) mass is 413 g/mol. The van der Waals surface area contributed by atoms with E-state index in [9.17, 15) is 23.1 Å². The lowest BCUT2D eigenvalue weighted by molar-refractivity contribution is -0.141. The van der Waals surface area contributed by atoms with Crippen LogP contribution in [-0.2, 0) is 12.6 Å². The minimum Gasteiger partial charge on any atom is -0.478 e. The number of fused-ring (bicyclic) bond motifs is 1. The number of rotatable bonds is 4. The molecule has 0 saturated heterocycles. The number of hydrogen-bond acceptors (Lipinski definition) is 3. The zero-order valence-corrected chi connectivity index (χ0v) is 15.7. The molecular weight excluding hydrogens is 399 g/mol. The van der Waals surface area contributed by atoms with Crippen molar-refractivity contribution < 1.29 is 23.1 Å². The second kappa shape index (κ2) is 7.33. The quantitative estimate of drug-likeness (QED) is 0.429. The summed E-state index contributed by atoms with van der Waals surface area (Å²) in [5, 5.41) is 10.2. The average Bonchev–Trinajstić information content (AvgIpc) is 3.10. The largest absolute Gasteiger partial charge is 0.478 e. The SMILES string of the molecule is O=C(O)c1cccc(-c2cccc3cc(Cc4cccc(C(F)(F)F)n4)sc23)c1. The second-order valence-corrected chi connectivity index (χ2v) is 7.65. The zero-order valence-electron chi connectivity index (χ0n) is 14.9. The number of carbonyl (C=O) groups is 1. The van der Waals surface area contributed by atoms with Crippen molar-refractivity contribution >= 4 is 27.4 Å². The number of carboxylic acid groups (broad SMARTS) is 1. The lowest BCUT2D eigenvalue weighted by Crippen LogP contribution is -2.09. The molecule has 2 aromatic heterocycles. The molecule has 146 valence electrons. The number of aromatic carboxylic acids is 1. The Bertz CT molecular complexity index is 1210. The predicted molar refractivity (Wildman–Crippen MR) is 106 cm³/mol. The normalized spacial score (nSPS) is 11.7. The average molecular weight is 413 g/mol. The van der Waals surface area contributed by atoms with E-state index >= 15 is 0 Å². The van der Waals surface area contributed by atoms with Crippen LogP contribution in [0.1, 0.15) is 26.6 Å². The fourth-order valence-corrected chi connectivity index (χ4v) is 4.37. The summed E-state index contributed by atoms with van der Waals surface area (Å²) in [6, 6.07) is 18.2. The van der Waals surface area contributed by atoms with Crippen molar-refractivity contribution in [3.63, 3.8) is 0 Å². The first kappa shape index (κ1) is 19.1. The van der Waals surface area contributed by atoms with Crippen LogP contribution < -0.4 is 0 Å². The Labute approximate surface area is 168 Å². The van der Waals surface area contributed by atoms with Crippen LogP contribution in [0.15, 0.2) is 66.7 Å². The van der Waals surface area contributed by atoms with E-state index in [2.05, 4.69) is 4.98 Å². The highest BCUT2D eigenvalue weighted by Gasteiger charge is 2.32. The number of nitrogens with zero attached hydrogens (tertiary/aromatic N) is 1. The highest BCUT2D eigenvalue weighted by Crippen LogP contribution is 2.36. The van der Waals surface area contributed by atoms with Gasteiger partial charge in [-0.15, -0.1) is 11.3 Å². The first-order valence-corrected chi connectivity index (χ1v) is 9.51. The molecule has 0 aliphatic rings. The molecule has 0 saturated carbocycles. The number of hydrogen-bond donors (Lipinski definition) is 1. The minimum absolute atomic E-state index is 0.199. The molecule has 29 heavy (non-hydrogen) atoms. The van der Waals surface area contributed by atoms with Crippen molar-refractivity contribution in [2.75, 3.05) is 0 Å². The molecule has 0 radical (unpaired) electrons. The van der Waals surface area contributed by atoms with Gasteiger partial charge in [0.2, 0.25) is 0 Å². The number of alkyl halides is 3. The van der Waals surface area contributed by atoms with Crippen molar-refractivity contribution in [3.8, 4) is 11.1 Å². The van der Waals surface area contributed by atoms with E-state index in [0.717, 1.165) is 32.2 Å². The van der Waals surface area contributed by atoms with Crippen LogP contribution >= 0.6 is 11.3 Å². The van der Waals surface area contributed by atoms with Crippen LogP contribution in [-0.4, -0.2) is 16.1 Å². The molecule has 4 rings (SSSR count). The third-order valence-electron chi connectivity index (χ3n) is 4.47. The van der Waals surface area contributed by atoms with Gasteiger partial charge in [-0.05, 0) is 46.8 Å². The molecule has 0 aliphatic heterocycles. The van der Waals surface area contributed by atoms with Crippen molar-refractivity contribution in [1.82, 2.24) is 4.98 Å². The molecular formula is C22H14F3NO2S. The Morgan fingerprint density at radius 3 is 2.52 bits per heavy atom. The zero-order chi connectivity index (χ0) is 20.6. The van der Waals surface area contributed by atoms with Crippen LogP contribution in [0, 0.1) is 0 Å². The maximum absolute atomic E-state index is 12.9. The molecule has 1 N–H and O–H groups in total. The lowest BCUT2D eigenvalue weighted by Gasteiger charge is -2.07. The summed E-state index contributed by atoms with van der Waals surface area (Å²) >= 11 is 1.47. The summed E-state index contributed by atoms with van der Waals surface area (Å²) in [6.45, 7) is 0. The first-order chi connectivity index (χ1) is 13.8. The fraction of sp³-hybridized carbons (Fsp3) is 0.0909. The van der Waals surface area contributed by atoms with Gasteiger partial charge in [0, 0.05) is 21.7 Å². The van der Waals surface area contributed by atoms with E-state index in [1.807, 2.05) is 30.3 Å². The minimum atomic E-state index is -4.47. The Morgan fingerprint density at radius 1 is 1.00 bits per heavy atom. The standard InChI is InChI=1S/C22H14F3NO2S/c23-22(24,25)19-9-3-7-16(26-19)12-17-11-14-5-2-8-18(20(14)29-17)13-4-1-6-15(10-13)21(27)28/h1-11H,12H2,(H,27,28). The van der Waals surface area contributed by atoms with Gasteiger partial charge in [0.15, 0.2) is 0 Å².